The zero-order valence-corrected chi connectivity index (χ0v) is 13.3. The molecule has 2 aromatic rings. The maximum absolute atomic E-state index is 4.47. The highest BCUT2D eigenvalue weighted by Gasteiger charge is 2.07. The van der Waals surface area contributed by atoms with Crippen LogP contribution in [0.3, 0.4) is 0 Å². The Hall–Kier alpha value is -1.13. The smallest absolute Gasteiger partial charge is 0.137 e. The number of halogens is 1. The molecule has 0 amide bonds. The first kappa shape index (κ1) is 14.3. The lowest BCUT2D eigenvalue weighted by atomic mass is 10.1. The molecule has 3 nitrogen and oxygen atoms in total. The number of hydrogen-bond donors (Lipinski definition) is 2. The summed E-state index contributed by atoms with van der Waals surface area (Å²) in [7, 11) is 0. The van der Waals surface area contributed by atoms with Gasteiger partial charge in [-0.05, 0) is 50.1 Å². The third kappa shape index (κ3) is 3.45. The number of H-pyrrole nitrogens is 1. The number of benzene rings is 1. The van der Waals surface area contributed by atoms with Crippen molar-refractivity contribution >= 4 is 15.9 Å². The van der Waals surface area contributed by atoms with Crippen LogP contribution in [0, 0.1) is 13.8 Å². The number of rotatable bonds is 5. The predicted molar refractivity (Wildman–Crippen MR) is 83.2 cm³/mol. The molecule has 1 aromatic heterocycles. The van der Waals surface area contributed by atoms with Gasteiger partial charge < -0.3 is 10.3 Å². The molecule has 19 heavy (non-hydrogen) atoms. The quantitative estimate of drug-likeness (QED) is 0.818. The molecule has 0 atom stereocenters. The minimum atomic E-state index is 0.843. The fourth-order valence-corrected chi connectivity index (χ4v) is 2.31. The van der Waals surface area contributed by atoms with Crippen molar-refractivity contribution < 1.29 is 0 Å². The first-order valence-corrected chi connectivity index (χ1v) is 7.42. The lowest BCUT2D eigenvalue weighted by Gasteiger charge is -2.06. The Labute approximate surface area is 123 Å². The van der Waals surface area contributed by atoms with E-state index >= 15 is 0 Å². The number of nitrogens with zero attached hydrogens (tertiary/aromatic N) is 1. The zero-order valence-electron chi connectivity index (χ0n) is 11.7. The molecule has 0 saturated heterocycles. The lowest BCUT2D eigenvalue weighted by molar-refractivity contribution is 0.667. The van der Waals surface area contributed by atoms with E-state index < -0.39 is 0 Å². The number of aryl methyl sites for hydroxylation is 2. The van der Waals surface area contributed by atoms with Crippen molar-refractivity contribution in [3.05, 3.63) is 39.6 Å². The van der Waals surface area contributed by atoms with Crippen molar-refractivity contribution in [1.82, 2.24) is 15.3 Å². The van der Waals surface area contributed by atoms with Crippen LogP contribution in [0.4, 0.5) is 0 Å². The van der Waals surface area contributed by atoms with Crippen LogP contribution >= 0.6 is 15.9 Å². The van der Waals surface area contributed by atoms with Crippen molar-refractivity contribution in [2.24, 2.45) is 0 Å². The third-order valence-corrected chi connectivity index (χ3v) is 4.33. The van der Waals surface area contributed by atoms with E-state index in [4.69, 9.17) is 0 Å². The lowest BCUT2D eigenvalue weighted by Crippen LogP contribution is -2.13. The topological polar surface area (TPSA) is 40.7 Å². The molecule has 0 radical (unpaired) electrons. The molecule has 2 N–H and O–H groups in total. The molecule has 0 unspecified atom stereocenters. The molecule has 0 spiro atoms. The van der Waals surface area contributed by atoms with Crippen LogP contribution in [-0.2, 0) is 6.54 Å². The van der Waals surface area contributed by atoms with Gasteiger partial charge in [-0.25, -0.2) is 4.98 Å². The molecule has 0 bridgehead atoms. The van der Waals surface area contributed by atoms with Gasteiger partial charge in [0.05, 0.1) is 0 Å². The predicted octanol–water partition coefficient (Wildman–Crippen LogP) is 3.96. The Bertz CT molecular complexity index is 537. The molecule has 102 valence electrons. The Kier molecular flexibility index (Phi) is 4.77. The Morgan fingerprint density at radius 1 is 1.26 bits per heavy atom. The van der Waals surface area contributed by atoms with Crippen LogP contribution in [0.15, 0.2) is 22.8 Å². The van der Waals surface area contributed by atoms with Crippen molar-refractivity contribution in [2.45, 2.75) is 33.7 Å². The van der Waals surface area contributed by atoms with Crippen molar-refractivity contribution in [2.75, 3.05) is 6.54 Å². The maximum Gasteiger partial charge on any atom is 0.137 e. The number of nitrogens with one attached hydrogen (secondary N) is 2. The first-order chi connectivity index (χ1) is 9.11. The molecule has 0 aliphatic heterocycles. The van der Waals surface area contributed by atoms with Gasteiger partial charge in [-0.15, -0.1) is 0 Å². The van der Waals surface area contributed by atoms with Gasteiger partial charge in [-0.3, -0.25) is 0 Å². The molecule has 0 saturated carbocycles. The molecule has 4 heteroatoms. The first-order valence-electron chi connectivity index (χ1n) is 6.63. The van der Waals surface area contributed by atoms with E-state index in [-0.39, 0.29) is 0 Å². The molecule has 1 heterocycles. The fourth-order valence-electron chi connectivity index (χ4n) is 2.08. The summed E-state index contributed by atoms with van der Waals surface area (Å²) in [5.74, 6) is 0.937. The van der Waals surface area contributed by atoms with E-state index in [0.717, 1.165) is 36.6 Å². The van der Waals surface area contributed by atoms with Crippen LogP contribution < -0.4 is 5.32 Å². The molecular weight excluding hydrogens is 302 g/mol. The highest BCUT2D eigenvalue weighted by Crippen LogP contribution is 2.27. The summed E-state index contributed by atoms with van der Waals surface area (Å²) in [6.45, 7) is 8.25. The minimum absolute atomic E-state index is 0.843. The number of aromatic amines is 1. The second-order valence-electron chi connectivity index (χ2n) is 4.86. The van der Waals surface area contributed by atoms with Crippen molar-refractivity contribution in [3.63, 3.8) is 0 Å². The molecule has 0 aliphatic carbocycles. The highest BCUT2D eigenvalue weighted by molar-refractivity contribution is 9.10. The van der Waals surface area contributed by atoms with E-state index in [1.54, 1.807) is 0 Å². The average Bonchev–Trinajstić information content (AvgIpc) is 2.84. The zero-order chi connectivity index (χ0) is 13.8. The van der Waals surface area contributed by atoms with Crippen LogP contribution in [0.1, 0.15) is 30.2 Å². The van der Waals surface area contributed by atoms with Crippen LogP contribution in [0.2, 0.25) is 0 Å². The van der Waals surface area contributed by atoms with Crippen LogP contribution in [0.25, 0.3) is 11.4 Å². The second kappa shape index (κ2) is 6.35. The van der Waals surface area contributed by atoms with E-state index in [0.29, 0.717) is 0 Å². The summed E-state index contributed by atoms with van der Waals surface area (Å²) in [5, 5.41) is 3.37. The fraction of sp³-hybridized carbons (Fsp3) is 0.400. The Balaban J connectivity index is 2.18. The van der Waals surface area contributed by atoms with E-state index in [9.17, 15) is 0 Å². The molecule has 0 fully saturated rings. The van der Waals surface area contributed by atoms with Gasteiger partial charge in [0.2, 0.25) is 0 Å². The largest absolute Gasteiger partial charge is 0.341 e. The van der Waals surface area contributed by atoms with Gasteiger partial charge in [0, 0.05) is 28.5 Å². The number of hydrogen-bond acceptors (Lipinski definition) is 2. The minimum Gasteiger partial charge on any atom is -0.341 e. The monoisotopic (exact) mass is 321 g/mol. The van der Waals surface area contributed by atoms with Crippen molar-refractivity contribution in [1.29, 1.82) is 0 Å². The average molecular weight is 322 g/mol. The van der Waals surface area contributed by atoms with Gasteiger partial charge in [0.25, 0.3) is 0 Å². The maximum atomic E-state index is 4.47. The van der Waals surface area contributed by atoms with Gasteiger partial charge in [0.15, 0.2) is 0 Å². The second-order valence-corrected chi connectivity index (χ2v) is 5.65. The van der Waals surface area contributed by atoms with Crippen molar-refractivity contribution in [3.8, 4) is 11.4 Å². The molecule has 2 rings (SSSR count). The van der Waals surface area contributed by atoms with Gasteiger partial charge >= 0.3 is 0 Å². The SMILES string of the molecule is CCCNCc1cnc(-c2cc(C)c(Br)c(C)c2)[nH]1. The van der Waals surface area contributed by atoms with Crippen LogP contribution in [-0.4, -0.2) is 16.5 Å². The summed E-state index contributed by atoms with van der Waals surface area (Å²) in [6.07, 6.45) is 3.05. The molecule has 0 aliphatic rings. The van der Waals surface area contributed by atoms with E-state index in [2.05, 4.69) is 64.1 Å². The van der Waals surface area contributed by atoms with Gasteiger partial charge in [-0.1, -0.05) is 22.9 Å². The van der Waals surface area contributed by atoms with Gasteiger partial charge in [0.1, 0.15) is 5.82 Å². The van der Waals surface area contributed by atoms with E-state index in [1.165, 1.54) is 15.6 Å². The summed E-state index contributed by atoms with van der Waals surface area (Å²) in [5.41, 5.74) is 4.73. The summed E-state index contributed by atoms with van der Waals surface area (Å²) < 4.78 is 1.17. The van der Waals surface area contributed by atoms with Gasteiger partial charge in [-0.2, -0.15) is 0 Å². The molecular formula is C15H20BrN3. The summed E-state index contributed by atoms with van der Waals surface area (Å²) in [4.78, 5) is 7.84. The summed E-state index contributed by atoms with van der Waals surface area (Å²) in [6, 6.07) is 4.30. The Morgan fingerprint density at radius 2 is 1.95 bits per heavy atom. The Morgan fingerprint density at radius 3 is 2.58 bits per heavy atom. The van der Waals surface area contributed by atoms with Crippen LogP contribution in [0.5, 0.6) is 0 Å². The number of imidazole rings is 1. The summed E-state index contributed by atoms with van der Waals surface area (Å²) >= 11 is 3.59. The standard InChI is InChI=1S/C15H20BrN3/c1-4-5-17-8-13-9-18-15(19-13)12-6-10(2)14(16)11(3)7-12/h6-7,9,17H,4-5,8H2,1-3H3,(H,18,19). The highest BCUT2D eigenvalue weighted by atomic mass is 79.9. The third-order valence-electron chi connectivity index (χ3n) is 3.08. The number of aromatic nitrogens is 2. The normalized spacial score (nSPS) is 10.9. The van der Waals surface area contributed by atoms with E-state index in [1.807, 2.05) is 6.20 Å². The molecule has 1 aromatic carbocycles.